The molecule has 0 aliphatic rings. The third-order valence-electron chi connectivity index (χ3n) is 1.51. The van der Waals surface area contributed by atoms with Crippen molar-refractivity contribution in [3.8, 4) is 0 Å². The van der Waals surface area contributed by atoms with Crippen LogP contribution in [0.1, 0.15) is 33.6 Å². The summed E-state index contributed by atoms with van der Waals surface area (Å²) in [5.41, 5.74) is 0. The molecule has 0 N–H and O–H groups in total. The molecule has 3 heteroatoms. The van der Waals surface area contributed by atoms with Crippen LogP contribution in [-0.2, 0) is 9.47 Å². The van der Waals surface area contributed by atoms with Gasteiger partial charge in [0.05, 0.1) is 0 Å². The molecule has 0 rings (SSSR count). The van der Waals surface area contributed by atoms with E-state index >= 15 is 0 Å². The molecule has 0 atom stereocenters. The average Bonchev–Trinajstić information content (AvgIpc) is 2.05. The number of allylic oxidation sites excluding steroid dienone is 1. The first kappa shape index (κ1) is 12.9. The molecular formula is C10H20O2Si. The molecule has 0 aromatic rings. The van der Waals surface area contributed by atoms with Crippen LogP contribution < -0.4 is 0 Å². The summed E-state index contributed by atoms with van der Waals surface area (Å²) in [6, 6.07) is 0. The van der Waals surface area contributed by atoms with Crippen molar-refractivity contribution in [2.45, 2.75) is 39.5 Å². The molecule has 2 radical (unpaired) electrons. The van der Waals surface area contributed by atoms with E-state index in [2.05, 4.69) is 13.5 Å². The summed E-state index contributed by atoms with van der Waals surface area (Å²) in [7, 11) is 0.579. The molecule has 0 bridgehead atoms. The molecule has 76 valence electrons. The Bertz CT molecular complexity index is 131. The van der Waals surface area contributed by atoms with Gasteiger partial charge < -0.3 is 9.47 Å². The molecule has 0 amide bonds. The molecular weight excluding hydrogens is 180 g/mol. The van der Waals surface area contributed by atoms with E-state index in [1.807, 2.05) is 13.8 Å². The van der Waals surface area contributed by atoms with Crippen LogP contribution in [0.15, 0.2) is 11.8 Å². The molecule has 0 saturated heterocycles. The van der Waals surface area contributed by atoms with Crippen LogP contribution in [0.5, 0.6) is 0 Å². The zero-order chi connectivity index (χ0) is 10.1. The molecule has 0 saturated carbocycles. The fourth-order valence-corrected chi connectivity index (χ4v) is 2.20. The lowest BCUT2D eigenvalue weighted by Crippen LogP contribution is -2.25. The van der Waals surface area contributed by atoms with E-state index in [0.29, 0.717) is 22.7 Å². The molecule has 0 fully saturated rings. The highest BCUT2D eigenvalue weighted by atomic mass is 28.2. The van der Waals surface area contributed by atoms with E-state index in [0.717, 1.165) is 12.8 Å². The van der Waals surface area contributed by atoms with E-state index in [-0.39, 0.29) is 5.91 Å². The molecule has 0 aliphatic heterocycles. The van der Waals surface area contributed by atoms with Crippen molar-refractivity contribution in [3.05, 3.63) is 11.8 Å². The van der Waals surface area contributed by atoms with Crippen LogP contribution >= 0.6 is 0 Å². The number of hydrogen-bond acceptors (Lipinski definition) is 2. The summed E-state index contributed by atoms with van der Waals surface area (Å²) in [5.74, 6) is -0.0611. The van der Waals surface area contributed by atoms with Gasteiger partial charge in [0.15, 0.2) is 9.52 Å². The van der Waals surface area contributed by atoms with E-state index < -0.39 is 0 Å². The second kappa shape index (κ2) is 8.47. The lowest BCUT2D eigenvalue weighted by molar-refractivity contribution is -0.0821. The average molecular weight is 200 g/mol. The van der Waals surface area contributed by atoms with Crippen LogP contribution in [-0.4, -0.2) is 28.6 Å². The molecule has 0 unspecified atom stereocenters. The fourth-order valence-electron chi connectivity index (χ4n) is 0.975. The van der Waals surface area contributed by atoms with Crippen molar-refractivity contribution in [1.29, 1.82) is 0 Å². The molecule has 0 heterocycles. The van der Waals surface area contributed by atoms with E-state index in [4.69, 9.17) is 9.47 Å². The van der Waals surface area contributed by atoms with Gasteiger partial charge in [-0.1, -0.05) is 18.5 Å². The van der Waals surface area contributed by atoms with E-state index in [1.54, 1.807) is 0 Å². The second-order valence-electron chi connectivity index (χ2n) is 2.74. The van der Waals surface area contributed by atoms with Gasteiger partial charge >= 0.3 is 0 Å². The van der Waals surface area contributed by atoms with E-state index in [9.17, 15) is 0 Å². The van der Waals surface area contributed by atoms with Crippen LogP contribution in [0.25, 0.3) is 0 Å². The minimum atomic E-state index is -0.0611. The molecule has 0 aromatic heterocycles. The van der Waals surface area contributed by atoms with Gasteiger partial charge in [-0.05, 0) is 20.3 Å². The smallest absolute Gasteiger partial charge is 0.151 e. The topological polar surface area (TPSA) is 18.5 Å². The molecule has 0 aromatic carbocycles. The Morgan fingerprint density at radius 2 is 1.77 bits per heavy atom. The highest BCUT2D eigenvalue weighted by molar-refractivity contribution is 6.46. The third-order valence-corrected chi connectivity index (χ3v) is 2.74. The Balaban J connectivity index is 3.71. The predicted octanol–water partition coefficient (Wildman–Crippen LogP) is 2.36. The van der Waals surface area contributed by atoms with Crippen LogP contribution in [0.2, 0.25) is 0 Å². The van der Waals surface area contributed by atoms with Gasteiger partial charge in [-0.15, -0.1) is 6.58 Å². The summed E-state index contributed by atoms with van der Waals surface area (Å²) >= 11 is 0. The summed E-state index contributed by atoms with van der Waals surface area (Å²) in [6.07, 6.45) is 2.23. The SMILES string of the molecule is C=C(CCC)[Si]C(OCC)OCC. The van der Waals surface area contributed by atoms with Gasteiger partial charge in [-0.2, -0.15) is 0 Å². The lowest BCUT2D eigenvalue weighted by Gasteiger charge is -2.16. The molecule has 2 nitrogen and oxygen atoms in total. The Morgan fingerprint density at radius 1 is 1.23 bits per heavy atom. The van der Waals surface area contributed by atoms with Crippen LogP contribution in [0, 0.1) is 0 Å². The maximum Gasteiger partial charge on any atom is 0.151 e. The van der Waals surface area contributed by atoms with Crippen LogP contribution in [0.3, 0.4) is 0 Å². The fraction of sp³-hybridized carbons (Fsp3) is 0.800. The van der Waals surface area contributed by atoms with Crippen molar-refractivity contribution in [2.75, 3.05) is 13.2 Å². The monoisotopic (exact) mass is 200 g/mol. The summed E-state index contributed by atoms with van der Waals surface area (Å²) in [5, 5.41) is 1.24. The number of rotatable bonds is 8. The lowest BCUT2D eigenvalue weighted by atomic mass is 10.3. The van der Waals surface area contributed by atoms with Gasteiger partial charge in [-0.3, -0.25) is 0 Å². The third kappa shape index (κ3) is 6.99. The van der Waals surface area contributed by atoms with Gasteiger partial charge in [0.2, 0.25) is 0 Å². The Kier molecular flexibility index (Phi) is 8.39. The standard InChI is InChI=1S/C10H20O2Si/c1-5-8-9(4)13-10(11-6-2)12-7-3/h10H,4-8H2,1-3H3. The Labute approximate surface area is 84.1 Å². The van der Waals surface area contributed by atoms with Gasteiger partial charge in [-0.25, -0.2) is 0 Å². The first-order chi connectivity index (χ1) is 6.24. The zero-order valence-electron chi connectivity index (χ0n) is 8.93. The van der Waals surface area contributed by atoms with Gasteiger partial charge in [0, 0.05) is 13.2 Å². The first-order valence-electron chi connectivity index (χ1n) is 4.92. The van der Waals surface area contributed by atoms with Crippen molar-refractivity contribution in [1.82, 2.24) is 0 Å². The van der Waals surface area contributed by atoms with E-state index in [1.165, 1.54) is 5.20 Å². The molecule has 0 aliphatic carbocycles. The van der Waals surface area contributed by atoms with Gasteiger partial charge in [0.1, 0.15) is 5.91 Å². The Morgan fingerprint density at radius 3 is 2.15 bits per heavy atom. The highest BCUT2D eigenvalue weighted by Gasteiger charge is 2.10. The normalized spacial score (nSPS) is 10.8. The molecule has 0 spiro atoms. The summed E-state index contributed by atoms with van der Waals surface area (Å²) in [4.78, 5) is 0. The number of hydrogen-bond donors (Lipinski definition) is 0. The van der Waals surface area contributed by atoms with Crippen molar-refractivity contribution >= 4 is 9.52 Å². The summed E-state index contributed by atoms with van der Waals surface area (Å²) < 4.78 is 10.9. The maximum absolute atomic E-state index is 5.43. The minimum Gasteiger partial charge on any atom is -0.357 e. The predicted molar refractivity (Wildman–Crippen MR) is 56.8 cm³/mol. The minimum absolute atomic E-state index is 0.0611. The second-order valence-corrected chi connectivity index (χ2v) is 4.21. The quantitative estimate of drug-likeness (QED) is 0.442. The van der Waals surface area contributed by atoms with Gasteiger partial charge in [0.25, 0.3) is 0 Å². The highest BCUT2D eigenvalue weighted by Crippen LogP contribution is 2.04. The zero-order valence-corrected chi connectivity index (χ0v) is 9.93. The molecule has 13 heavy (non-hydrogen) atoms. The summed E-state index contributed by atoms with van der Waals surface area (Å²) in [6.45, 7) is 11.5. The number of ether oxygens (including phenoxy) is 2. The maximum atomic E-state index is 5.43. The van der Waals surface area contributed by atoms with Crippen molar-refractivity contribution < 1.29 is 9.47 Å². The van der Waals surface area contributed by atoms with Crippen LogP contribution in [0.4, 0.5) is 0 Å². The largest absolute Gasteiger partial charge is 0.357 e. The first-order valence-corrected chi connectivity index (χ1v) is 5.99. The van der Waals surface area contributed by atoms with Crippen molar-refractivity contribution in [2.24, 2.45) is 0 Å². The van der Waals surface area contributed by atoms with Crippen molar-refractivity contribution in [3.63, 3.8) is 0 Å². The Hall–Kier alpha value is -0.123.